The van der Waals surface area contributed by atoms with Crippen LogP contribution >= 0.6 is 0 Å². The number of carbonyl (C=O) groups excluding carboxylic acids is 1. The number of hydrogen-bond acceptors (Lipinski definition) is 5. The van der Waals surface area contributed by atoms with Crippen molar-refractivity contribution in [1.29, 1.82) is 0 Å². The molecule has 1 amide bonds. The van der Waals surface area contributed by atoms with Gasteiger partial charge in [0.05, 0.1) is 5.41 Å². The van der Waals surface area contributed by atoms with Gasteiger partial charge in [-0.25, -0.2) is 0 Å². The third-order valence-corrected chi connectivity index (χ3v) is 9.40. The van der Waals surface area contributed by atoms with Crippen molar-refractivity contribution in [3.05, 3.63) is 35.9 Å². The third-order valence-electron chi connectivity index (χ3n) is 9.40. The average molecular weight is 469 g/mol. The molecule has 6 heteroatoms. The van der Waals surface area contributed by atoms with E-state index in [0.717, 1.165) is 25.6 Å². The molecule has 188 valence electrons. The summed E-state index contributed by atoms with van der Waals surface area (Å²) in [5.74, 6) is 0.589. The molecule has 2 aliphatic heterocycles. The largest absolute Gasteiger partial charge is 0.369 e. The molecule has 6 nitrogen and oxygen atoms in total. The van der Waals surface area contributed by atoms with Gasteiger partial charge in [-0.1, -0.05) is 43.7 Å². The number of hydrogen-bond donors (Lipinski definition) is 2. The Morgan fingerprint density at radius 3 is 2.44 bits per heavy atom. The molecule has 4 aliphatic rings. The molecule has 4 fully saturated rings. The van der Waals surface area contributed by atoms with Crippen LogP contribution in [0.25, 0.3) is 0 Å². The molecule has 2 saturated heterocycles. The highest BCUT2D eigenvalue weighted by atomic mass is 16.6. The number of nitrogens with zero attached hydrogens (tertiary/aromatic N) is 2. The number of piperazine rings is 1. The molecular formula is C28H44N4O2. The number of nitrogens with two attached hydrogens (primary N) is 1. The van der Waals surface area contributed by atoms with Crippen molar-refractivity contribution in [3.8, 4) is 0 Å². The lowest BCUT2D eigenvalue weighted by atomic mass is 9.62. The van der Waals surface area contributed by atoms with E-state index in [1.165, 1.54) is 57.1 Å². The van der Waals surface area contributed by atoms with E-state index in [-0.39, 0.29) is 29.3 Å². The fraction of sp³-hybridized carbons (Fsp3) is 0.750. The Bertz CT molecular complexity index is 860. The number of amides is 1. The molecule has 2 aliphatic carbocycles. The van der Waals surface area contributed by atoms with Gasteiger partial charge in [0.2, 0.25) is 5.91 Å². The Balaban J connectivity index is 1.39. The normalized spacial score (nSPS) is 34.6. The van der Waals surface area contributed by atoms with Crippen molar-refractivity contribution in [2.75, 3.05) is 32.7 Å². The topological polar surface area (TPSA) is 74.1 Å². The highest BCUT2D eigenvalue weighted by molar-refractivity contribution is 5.80. The van der Waals surface area contributed by atoms with Crippen LogP contribution in [0.2, 0.25) is 0 Å². The monoisotopic (exact) mass is 468 g/mol. The fourth-order valence-electron chi connectivity index (χ4n) is 6.77. The van der Waals surface area contributed by atoms with Crippen molar-refractivity contribution in [3.63, 3.8) is 0 Å². The zero-order chi connectivity index (χ0) is 24.0. The first kappa shape index (κ1) is 24.2. The standard InChI is InChI=1S/C28H44N4O2/c1-4-30-18-27(22-11-6-5-7-12-22)13-15-28(16-14-27)20-31(19-26(2,3)25(29)33)23-24(34-23)32(28)17-21-9-8-10-21/h5-7,11-12,21,23-24,30H,4,8-10,13-20H2,1-3H3,(H2,29,33). The minimum Gasteiger partial charge on any atom is -0.369 e. The lowest BCUT2D eigenvalue weighted by molar-refractivity contribution is -0.128. The molecule has 1 aromatic rings. The Labute approximate surface area is 205 Å². The second kappa shape index (κ2) is 9.20. The van der Waals surface area contributed by atoms with Crippen LogP contribution in [0, 0.1) is 11.3 Å². The van der Waals surface area contributed by atoms with E-state index in [2.05, 4.69) is 52.4 Å². The average Bonchev–Trinajstić information content (AvgIpc) is 3.59. The number of epoxide rings is 1. The Kier molecular flexibility index (Phi) is 6.56. The number of fused-ring (bicyclic) bond motifs is 1. The molecule has 2 atom stereocenters. The van der Waals surface area contributed by atoms with E-state index in [9.17, 15) is 4.79 Å². The number of ether oxygens (including phenoxy) is 1. The van der Waals surface area contributed by atoms with Crippen molar-refractivity contribution in [2.45, 2.75) is 89.1 Å². The van der Waals surface area contributed by atoms with Crippen LogP contribution in [-0.2, 0) is 14.9 Å². The van der Waals surface area contributed by atoms with Crippen LogP contribution in [0.15, 0.2) is 30.3 Å². The van der Waals surface area contributed by atoms with Crippen molar-refractivity contribution < 1.29 is 9.53 Å². The molecule has 3 N–H and O–H groups in total. The fourth-order valence-corrected chi connectivity index (χ4v) is 6.77. The van der Waals surface area contributed by atoms with Crippen LogP contribution in [0.3, 0.4) is 0 Å². The molecule has 34 heavy (non-hydrogen) atoms. The number of carbonyl (C=O) groups is 1. The summed E-state index contributed by atoms with van der Waals surface area (Å²) in [5, 5.41) is 3.68. The van der Waals surface area contributed by atoms with Gasteiger partial charge < -0.3 is 15.8 Å². The smallest absolute Gasteiger partial charge is 0.224 e. The third kappa shape index (κ3) is 4.43. The van der Waals surface area contributed by atoms with E-state index >= 15 is 0 Å². The zero-order valence-electron chi connectivity index (χ0n) is 21.4. The molecule has 2 unspecified atom stereocenters. The molecule has 0 bridgehead atoms. The summed E-state index contributed by atoms with van der Waals surface area (Å²) in [4.78, 5) is 17.3. The zero-order valence-corrected chi connectivity index (χ0v) is 21.4. The number of likely N-dealkylation sites (N-methyl/N-ethyl adjacent to an activating group) is 1. The second-order valence-corrected chi connectivity index (χ2v) is 12.2. The SMILES string of the molecule is CCNCC1(c2ccccc2)CCC2(CC1)CN(CC(C)(C)C(N)=O)C1OC1N2CC1CCC1. The quantitative estimate of drug-likeness (QED) is 0.543. The first-order valence-electron chi connectivity index (χ1n) is 13.5. The molecular weight excluding hydrogens is 424 g/mol. The minimum atomic E-state index is -0.554. The minimum absolute atomic E-state index is 0.117. The van der Waals surface area contributed by atoms with Crippen LogP contribution in [0.4, 0.5) is 0 Å². The van der Waals surface area contributed by atoms with E-state index in [4.69, 9.17) is 10.5 Å². The van der Waals surface area contributed by atoms with Gasteiger partial charge in [-0.05, 0) is 70.4 Å². The summed E-state index contributed by atoms with van der Waals surface area (Å²) >= 11 is 0. The number of nitrogens with one attached hydrogen (secondary N) is 1. The summed E-state index contributed by atoms with van der Waals surface area (Å²) < 4.78 is 6.31. The Morgan fingerprint density at radius 2 is 1.85 bits per heavy atom. The lowest BCUT2D eigenvalue weighted by Gasteiger charge is -2.56. The summed E-state index contributed by atoms with van der Waals surface area (Å²) in [6.45, 7) is 11.0. The highest BCUT2D eigenvalue weighted by Gasteiger charge is 2.62. The molecule has 2 heterocycles. The Hall–Kier alpha value is -1.47. The van der Waals surface area contributed by atoms with Gasteiger partial charge in [0.25, 0.3) is 0 Å². The summed E-state index contributed by atoms with van der Waals surface area (Å²) in [6, 6.07) is 11.1. The second-order valence-electron chi connectivity index (χ2n) is 12.2. The van der Waals surface area contributed by atoms with Crippen LogP contribution in [0.1, 0.15) is 71.3 Å². The van der Waals surface area contributed by atoms with E-state index in [1.807, 2.05) is 13.8 Å². The van der Waals surface area contributed by atoms with Crippen LogP contribution < -0.4 is 11.1 Å². The van der Waals surface area contributed by atoms with Crippen LogP contribution in [0.5, 0.6) is 0 Å². The molecule has 0 radical (unpaired) electrons. The van der Waals surface area contributed by atoms with Gasteiger partial charge in [-0.15, -0.1) is 0 Å². The first-order chi connectivity index (χ1) is 16.3. The molecule has 5 rings (SSSR count). The van der Waals surface area contributed by atoms with Crippen molar-refractivity contribution >= 4 is 5.91 Å². The number of benzene rings is 1. The highest BCUT2D eigenvalue weighted by Crippen LogP contribution is 2.52. The van der Waals surface area contributed by atoms with Gasteiger partial charge in [0, 0.05) is 37.1 Å². The summed E-state index contributed by atoms with van der Waals surface area (Å²) in [5.41, 5.74) is 6.98. The molecule has 0 aromatic heterocycles. The van der Waals surface area contributed by atoms with Gasteiger partial charge in [-0.2, -0.15) is 0 Å². The lowest BCUT2D eigenvalue weighted by Crippen LogP contribution is -2.66. The summed E-state index contributed by atoms with van der Waals surface area (Å²) in [7, 11) is 0. The summed E-state index contributed by atoms with van der Waals surface area (Å²) in [6.07, 6.45) is 9.07. The molecule has 1 spiro atoms. The van der Waals surface area contributed by atoms with Crippen molar-refractivity contribution in [2.24, 2.45) is 17.1 Å². The van der Waals surface area contributed by atoms with Gasteiger partial charge >= 0.3 is 0 Å². The van der Waals surface area contributed by atoms with Gasteiger partial charge in [0.15, 0.2) is 12.5 Å². The first-order valence-corrected chi connectivity index (χ1v) is 13.5. The van der Waals surface area contributed by atoms with Crippen LogP contribution in [-0.4, -0.2) is 66.4 Å². The maximum absolute atomic E-state index is 12.1. The number of rotatable bonds is 9. The van der Waals surface area contributed by atoms with Gasteiger partial charge in [0.1, 0.15) is 0 Å². The molecule has 1 aromatic carbocycles. The van der Waals surface area contributed by atoms with Gasteiger partial charge in [-0.3, -0.25) is 14.6 Å². The maximum atomic E-state index is 12.1. The molecule has 2 saturated carbocycles. The van der Waals surface area contributed by atoms with E-state index in [0.29, 0.717) is 6.54 Å². The predicted octanol–water partition coefficient (Wildman–Crippen LogP) is 3.46. The van der Waals surface area contributed by atoms with Crippen molar-refractivity contribution in [1.82, 2.24) is 15.1 Å². The van der Waals surface area contributed by atoms with E-state index < -0.39 is 5.41 Å². The maximum Gasteiger partial charge on any atom is 0.224 e. The number of primary amides is 1. The predicted molar refractivity (Wildman–Crippen MR) is 135 cm³/mol. The Morgan fingerprint density at radius 1 is 1.15 bits per heavy atom. The van der Waals surface area contributed by atoms with E-state index in [1.54, 1.807) is 0 Å².